The summed E-state index contributed by atoms with van der Waals surface area (Å²) in [5.41, 5.74) is 10.2. The number of benzene rings is 10. The summed E-state index contributed by atoms with van der Waals surface area (Å²) < 4.78 is 14.6. The highest BCUT2D eigenvalue weighted by atomic mass is 32.1. The first-order valence-corrected chi connectivity index (χ1v) is 25.2. The highest BCUT2D eigenvalue weighted by Gasteiger charge is 2.27. The molecule has 0 spiro atoms. The van der Waals surface area contributed by atoms with Crippen LogP contribution in [0.5, 0.6) is 0 Å². The zero-order chi connectivity index (χ0) is 45.3. The fraction of sp³-hybridized carbons (Fsp3) is 0.0476. The molecule has 1 atom stereocenters. The van der Waals surface area contributed by atoms with Crippen molar-refractivity contribution in [3.05, 3.63) is 217 Å². The number of para-hydroxylation sites is 1. The lowest BCUT2D eigenvalue weighted by atomic mass is 9.90. The van der Waals surface area contributed by atoms with Gasteiger partial charge in [-0.15, -0.1) is 22.7 Å². The molecule has 69 heavy (non-hydrogen) atoms. The number of nitrogens with zero attached hydrogens (tertiary/aromatic N) is 3. The second kappa shape index (κ2) is 14.9. The average molecular weight is 918 g/mol. The van der Waals surface area contributed by atoms with Gasteiger partial charge in [0.1, 0.15) is 11.2 Å². The lowest BCUT2D eigenvalue weighted by Crippen LogP contribution is -2.18. The summed E-state index contributed by atoms with van der Waals surface area (Å²) in [5.74, 6) is 0.696. The first-order chi connectivity index (χ1) is 34.1. The van der Waals surface area contributed by atoms with E-state index in [0.29, 0.717) is 5.84 Å². The van der Waals surface area contributed by atoms with Crippen molar-refractivity contribution in [1.82, 2.24) is 4.57 Å². The van der Waals surface area contributed by atoms with Crippen molar-refractivity contribution in [3.8, 4) is 5.69 Å². The van der Waals surface area contributed by atoms with Gasteiger partial charge in [-0.3, -0.25) is 0 Å². The summed E-state index contributed by atoms with van der Waals surface area (Å²) in [5, 5.41) is 14.1. The molecule has 6 heteroatoms. The fourth-order valence-corrected chi connectivity index (χ4v) is 13.5. The fourth-order valence-electron chi connectivity index (χ4n) is 11.3. The van der Waals surface area contributed by atoms with Gasteiger partial charge in [0.15, 0.2) is 5.84 Å². The smallest absolute Gasteiger partial charge is 0.160 e. The largest absolute Gasteiger partial charge is 0.455 e. The summed E-state index contributed by atoms with van der Waals surface area (Å²) in [6, 6.07) is 70.6. The van der Waals surface area contributed by atoms with Gasteiger partial charge in [-0.25, -0.2) is 9.98 Å². The molecule has 15 rings (SSSR count). The van der Waals surface area contributed by atoms with Gasteiger partial charge in [-0.1, -0.05) is 146 Å². The minimum absolute atomic E-state index is 0.00621. The normalized spacial score (nSPS) is 17.1. The Morgan fingerprint density at radius 3 is 1.86 bits per heavy atom. The zero-order valence-corrected chi connectivity index (χ0v) is 39.0. The Hall–Kier alpha value is -8.16. The lowest BCUT2D eigenvalue weighted by molar-refractivity contribution is 0.672. The van der Waals surface area contributed by atoms with Gasteiger partial charge < -0.3 is 8.98 Å². The number of aliphatic imine (C=N–C) groups is 2. The molecule has 324 valence electrons. The minimum Gasteiger partial charge on any atom is -0.455 e. The van der Waals surface area contributed by atoms with Crippen LogP contribution in [0.15, 0.2) is 215 Å². The van der Waals surface area contributed by atoms with Gasteiger partial charge in [0, 0.05) is 96.0 Å². The maximum absolute atomic E-state index is 7.16. The van der Waals surface area contributed by atoms with Crippen LogP contribution >= 0.6 is 22.7 Å². The Bertz CT molecular complexity index is 4610. The molecule has 0 bridgehead atoms. The molecule has 1 unspecified atom stereocenters. The van der Waals surface area contributed by atoms with E-state index < -0.39 is 0 Å². The van der Waals surface area contributed by atoms with E-state index in [9.17, 15) is 0 Å². The van der Waals surface area contributed by atoms with Crippen LogP contribution in [0.25, 0.3) is 117 Å². The summed E-state index contributed by atoms with van der Waals surface area (Å²) >= 11 is 3.67. The second-order valence-electron chi connectivity index (χ2n) is 18.4. The molecule has 1 aliphatic heterocycles. The van der Waals surface area contributed by atoms with Gasteiger partial charge in [0.25, 0.3) is 0 Å². The number of hydrogen-bond donors (Lipinski definition) is 0. The van der Waals surface area contributed by atoms with Crippen LogP contribution < -0.4 is 0 Å². The van der Waals surface area contributed by atoms with Crippen LogP contribution in [0.1, 0.15) is 30.0 Å². The highest BCUT2D eigenvalue weighted by Crippen LogP contribution is 2.44. The van der Waals surface area contributed by atoms with Gasteiger partial charge in [0.2, 0.25) is 0 Å². The monoisotopic (exact) mass is 917 g/mol. The molecular formula is C63H39N3OS2. The van der Waals surface area contributed by atoms with Gasteiger partial charge in [-0.05, 0) is 77.2 Å². The van der Waals surface area contributed by atoms with Crippen LogP contribution in [0, 0.1) is 5.92 Å². The van der Waals surface area contributed by atoms with E-state index in [2.05, 4.69) is 212 Å². The molecule has 4 nitrogen and oxygen atoms in total. The Morgan fingerprint density at radius 1 is 0.464 bits per heavy atom. The van der Waals surface area contributed by atoms with E-state index >= 15 is 0 Å². The van der Waals surface area contributed by atoms with Crippen LogP contribution in [-0.4, -0.2) is 16.1 Å². The van der Waals surface area contributed by atoms with E-state index in [-0.39, 0.29) is 5.92 Å². The quantitative estimate of drug-likeness (QED) is 0.173. The molecule has 0 fully saturated rings. The maximum Gasteiger partial charge on any atom is 0.160 e. The number of furan rings is 1. The predicted molar refractivity (Wildman–Crippen MR) is 297 cm³/mol. The molecule has 0 saturated carbocycles. The van der Waals surface area contributed by atoms with Crippen molar-refractivity contribution in [2.24, 2.45) is 15.9 Å². The Balaban J connectivity index is 1.05. The van der Waals surface area contributed by atoms with Gasteiger partial charge in [0.05, 0.1) is 28.1 Å². The summed E-state index contributed by atoms with van der Waals surface area (Å²) in [6.07, 6.45) is 3.10. The molecule has 0 aliphatic carbocycles. The van der Waals surface area contributed by atoms with Crippen molar-refractivity contribution in [1.29, 1.82) is 0 Å². The van der Waals surface area contributed by atoms with Crippen molar-refractivity contribution in [2.45, 2.75) is 13.3 Å². The second-order valence-corrected chi connectivity index (χ2v) is 20.6. The molecule has 4 aromatic heterocycles. The molecule has 0 N–H and O–H groups in total. The number of hydrogen-bond acceptors (Lipinski definition) is 5. The molecule has 5 heterocycles. The summed E-state index contributed by atoms with van der Waals surface area (Å²) in [6.45, 7) is 2.33. The Labute approximate surface area is 404 Å². The van der Waals surface area contributed by atoms with E-state index in [4.69, 9.17) is 14.4 Å². The summed E-state index contributed by atoms with van der Waals surface area (Å²) in [4.78, 5) is 11.8. The minimum atomic E-state index is -0.00621. The van der Waals surface area contributed by atoms with Crippen LogP contribution in [0.3, 0.4) is 0 Å². The van der Waals surface area contributed by atoms with Gasteiger partial charge in [-0.2, -0.15) is 0 Å². The third kappa shape index (κ3) is 5.86. The maximum atomic E-state index is 7.16. The first kappa shape index (κ1) is 38.9. The molecule has 0 saturated heterocycles. The lowest BCUT2D eigenvalue weighted by Gasteiger charge is -2.21. The third-order valence-electron chi connectivity index (χ3n) is 14.4. The molecule has 14 aromatic rings. The van der Waals surface area contributed by atoms with E-state index in [1.54, 1.807) is 0 Å². The predicted octanol–water partition coefficient (Wildman–Crippen LogP) is 18.0. The standard InChI is InChI=1S/C63H39N3OS2/c1-36-28-31-50(43-21-12-26-56-59(43)44-19-7-10-24-54(44)68-56)64-63(47-22-13-27-57-60(47)45-20-8-11-25-55(45)69-57)65-61(36)49-34-40(35-53-58(49)46-30-29-37-14-4-5-17-41(37)62(46)67-53)66-51-23-9-6-18-42(51)48-32-38-15-2-3-16-39(38)33-52(48)66/h2-27,29-36H,28H2,1H3/b50-31+,64-63-,65-61+. The number of thiophene rings is 2. The van der Waals surface area contributed by atoms with Crippen molar-refractivity contribution in [2.75, 3.05) is 0 Å². The Morgan fingerprint density at radius 2 is 1.09 bits per heavy atom. The number of rotatable bonds is 4. The number of fused-ring (bicyclic) bond motifs is 15. The van der Waals surface area contributed by atoms with Crippen LogP contribution in [-0.2, 0) is 0 Å². The molecular weight excluding hydrogens is 879 g/mol. The first-order valence-electron chi connectivity index (χ1n) is 23.6. The number of amidine groups is 1. The van der Waals surface area contributed by atoms with Crippen molar-refractivity contribution >= 4 is 146 Å². The van der Waals surface area contributed by atoms with E-state index in [0.717, 1.165) is 84.0 Å². The molecule has 1 aliphatic rings. The molecule has 0 radical (unpaired) electrons. The molecule has 10 aromatic carbocycles. The van der Waals surface area contributed by atoms with E-state index in [1.165, 1.54) is 61.9 Å². The topological polar surface area (TPSA) is 42.8 Å². The van der Waals surface area contributed by atoms with Gasteiger partial charge >= 0.3 is 0 Å². The summed E-state index contributed by atoms with van der Waals surface area (Å²) in [7, 11) is 0. The highest BCUT2D eigenvalue weighted by molar-refractivity contribution is 7.26. The van der Waals surface area contributed by atoms with Crippen LogP contribution in [0.4, 0.5) is 0 Å². The van der Waals surface area contributed by atoms with Crippen molar-refractivity contribution < 1.29 is 4.42 Å². The van der Waals surface area contributed by atoms with E-state index in [1.807, 2.05) is 22.7 Å². The Kier molecular flexibility index (Phi) is 8.41. The third-order valence-corrected chi connectivity index (χ3v) is 16.7. The average Bonchev–Trinajstić information content (AvgIpc) is 4.16. The van der Waals surface area contributed by atoms with Crippen molar-refractivity contribution in [3.63, 3.8) is 0 Å². The number of allylic oxidation sites excluding steroid dienone is 1. The number of aromatic nitrogens is 1. The van der Waals surface area contributed by atoms with Crippen LogP contribution in [0.2, 0.25) is 0 Å². The molecule has 0 amide bonds. The zero-order valence-electron chi connectivity index (χ0n) is 37.4. The SMILES string of the molecule is CC1C/C=C(c2cccc3sc4ccccc4c23)/N=C(c2cccc3sc4ccccc4c23)\N=C/1c1cc(-n2c3ccccc3c3cc4ccccc4cc32)cc2oc3c4ccccc4ccc3c12.